The first-order valence-electron chi connectivity index (χ1n) is 3.64. The third kappa shape index (κ3) is 2.58. The number of hydrogen-bond donors (Lipinski definition) is 3. The Morgan fingerprint density at radius 3 is 3.08 bits per heavy atom. The van der Waals surface area contributed by atoms with Crippen molar-refractivity contribution in [3.05, 3.63) is 18.2 Å². The average Bonchev–Trinajstić information content (AvgIpc) is 2.56. The summed E-state index contributed by atoms with van der Waals surface area (Å²) in [6, 6.07) is -0.761. The van der Waals surface area contributed by atoms with Crippen LogP contribution in [0.25, 0.3) is 0 Å². The fourth-order valence-corrected chi connectivity index (χ4v) is 0.897. The maximum Gasteiger partial charge on any atom is 0.309 e. The zero-order valence-corrected chi connectivity index (χ0v) is 6.78. The van der Waals surface area contributed by atoms with Gasteiger partial charge in [0.15, 0.2) is 0 Å². The highest BCUT2D eigenvalue weighted by Gasteiger charge is 2.15. The second kappa shape index (κ2) is 4.24. The van der Waals surface area contributed by atoms with E-state index >= 15 is 0 Å². The summed E-state index contributed by atoms with van der Waals surface area (Å²) >= 11 is 0. The van der Waals surface area contributed by atoms with Crippen molar-refractivity contribution in [1.29, 1.82) is 0 Å². The summed E-state index contributed by atoms with van der Waals surface area (Å²) in [4.78, 5) is 27.4. The number of hydrogen-bond acceptors (Lipinski definition) is 3. The van der Waals surface area contributed by atoms with Crippen molar-refractivity contribution >= 4 is 12.3 Å². The lowest BCUT2D eigenvalue weighted by atomic mass is 10.2. The average molecular weight is 181 g/mol. The zero-order chi connectivity index (χ0) is 9.68. The molecular weight excluding hydrogens is 172 g/mol. The van der Waals surface area contributed by atoms with E-state index in [4.69, 9.17) is 5.73 Å². The number of aromatic amines is 1. The molecule has 13 heavy (non-hydrogen) atoms. The molecule has 0 bridgehead atoms. The molecular formula is C7H9N4O2. The summed E-state index contributed by atoms with van der Waals surface area (Å²) in [5.41, 5.74) is 5.02. The van der Waals surface area contributed by atoms with Crippen LogP contribution >= 0.6 is 0 Å². The fourth-order valence-electron chi connectivity index (χ4n) is 0.897. The molecule has 0 aliphatic rings. The maximum absolute atomic E-state index is 10.8. The lowest BCUT2D eigenvalue weighted by molar-refractivity contribution is -0.119. The molecule has 6 heteroatoms. The number of primary amides is 1. The molecule has 1 aromatic heterocycles. The number of nitrogens with two attached hydrogens (primary N) is 1. The molecule has 0 saturated carbocycles. The van der Waals surface area contributed by atoms with Gasteiger partial charge in [-0.2, -0.15) is 0 Å². The Kier molecular flexibility index (Phi) is 3.02. The van der Waals surface area contributed by atoms with Gasteiger partial charge in [-0.25, -0.2) is 4.98 Å². The number of rotatable bonds is 5. The first-order chi connectivity index (χ1) is 6.24. The second-order valence-electron chi connectivity index (χ2n) is 2.44. The molecule has 0 saturated heterocycles. The Morgan fingerprint density at radius 1 is 1.85 bits per heavy atom. The minimum Gasteiger partial charge on any atom is -0.368 e. The minimum atomic E-state index is -0.761. The highest BCUT2D eigenvalue weighted by molar-refractivity contribution is 5.82. The topological polar surface area (TPSA) is 101 Å². The van der Waals surface area contributed by atoms with Crippen LogP contribution in [-0.4, -0.2) is 28.3 Å². The number of nitrogens with one attached hydrogen (secondary N) is 2. The Morgan fingerprint density at radius 2 is 2.62 bits per heavy atom. The standard InChI is InChI=1S/C7H9N4O2/c8-7(13)5(11-4-12)3-6-9-1-2-10-6/h1-2,5H,3H2,(H2,8,13)(H,9,10)(H,11,12). The Hall–Kier alpha value is -1.85. The van der Waals surface area contributed by atoms with Gasteiger partial charge in [-0.05, 0) is 0 Å². The molecule has 1 rings (SSSR count). The quantitative estimate of drug-likeness (QED) is 0.480. The first-order valence-corrected chi connectivity index (χ1v) is 3.64. The van der Waals surface area contributed by atoms with Crippen LogP contribution in [-0.2, 0) is 16.0 Å². The molecule has 4 N–H and O–H groups in total. The molecule has 6 nitrogen and oxygen atoms in total. The predicted molar refractivity (Wildman–Crippen MR) is 44.1 cm³/mol. The largest absolute Gasteiger partial charge is 0.368 e. The van der Waals surface area contributed by atoms with Crippen molar-refractivity contribution in [2.24, 2.45) is 5.73 Å². The van der Waals surface area contributed by atoms with E-state index in [1.165, 1.54) is 6.41 Å². The Labute approximate surface area is 74.5 Å². The van der Waals surface area contributed by atoms with E-state index in [-0.39, 0.29) is 6.42 Å². The summed E-state index contributed by atoms with van der Waals surface area (Å²) in [7, 11) is 0. The van der Waals surface area contributed by atoms with Crippen LogP contribution in [0.4, 0.5) is 0 Å². The summed E-state index contributed by atoms with van der Waals surface area (Å²) in [5, 5.41) is 2.18. The van der Waals surface area contributed by atoms with Crippen LogP contribution in [0.3, 0.4) is 0 Å². The number of imidazole rings is 1. The summed E-state index contributed by atoms with van der Waals surface area (Å²) in [6.45, 7) is 0. The highest BCUT2D eigenvalue weighted by atomic mass is 16.2. The third-order valence-electron chi connectivity index (χ3n) is 1.53. The van der Waals surface area contributed by atoms with Crippen molar-refractivity contribution in [2.75, 3.05) is 0 Å². The number of carbonyl (C=O) groups excluding carboxylic acids is 2. The maximum atomic E-state index is 10.8. The molecule has 2 amide bonds. The van der Waals surface area contributed by atoms with Gasteiger partial charge in [0.1, 0.15) is 11.9 Å². The normalized spacial score (nSPS) is 12.0. The van der Waals surface area contributed by atoms with Gasteiger partial charge in [0.05, 0.1) is 0 Å². The Bertz CT molecular complexity index is 283. The van der Waals surface area contributed by atoms with Crippen molar-refractivity contribution < 1.29 is 9.59 Å². The molecule has 1 radical (unpaired) electrons. The van der Waals surface area contributed by atoms with Gasteiger partial charge in [-0.15, -0.1) is 0 Å². The number of carbonyl (C=O) groups is 1. The summed E-state index contributed by atoms with van der Waals surface area (Å²) in [5.74, 6) is -0.0219. The smallest absolute Gasteiger partial charge is 0.309 e. The van der Waals surface area contributed by atoms with Gasteiger partial charge in [0.2, 0.25) is 5.91 Å². The van der Waals surface area contributed by atoms with Gasteiger partial charge in [-0.3, -0.25) is 9.59 Å². The van der Waals surface area contributed by atoms with Gasteiger partial charge in [0, 0.05) is 18.8 Å². The SMILES string of the molecule is NC(=O)C(Cc1ncc[nH]1)N[C]=O. The van der Waals surface area contributed by atoms with E-state index in [9.17, 15) is 9.59 Å². The van der Waals surface area contributed by atoms with Crippen LogP contribution in [0.5, 0.6) is 0 Å². The molecule has 1 atom stereocenters. The highest BCUT2D eigenvalue weighted by Crippen LogP contribution is 1.94. The first kappa shape index (κ1) is 9.24. The van der Waals surface area contributed by atoms with Gasteiger partial charge >= 0.3 is 6.41 Å². The molecule has 1 heterocycles. The molecule has 0 spiro atoms. The second-order valence-corrected chi connectivity index (χ2v) is 2.44. The molecule has 0 fully saturated rings. The van der Waals surface area contributed by atoms with Crippen LogP contribution < -0.4 is 11.1 Å². The van der Waals surface area contributed by atoms with Crippen molar-refractivity contribution in [3.8, 4) is 0 Å². The van der Waals surface area contributed by atoms with E-state index < -0.39 is 11.9 Å². The molecule has 0 aliphatic carbocycles. The number of amides is 2. The fraction of sp³-hybridized carbons (Fsp3) is 0.286. The number of nitrogens with zero attached hydrogens (tertiary/aromatic N) is 1. The molecule has 0 aromatic carbocycles. The Balaban J connectivity index is 2.57. The van der Waals surface area contributed by atoms with E-state index in [2.05, 4.69) is 15.3 Å². The van der Waals surface area contributed by atoms with Gasteiger partial charge in [-0.1, -0.05) is 0 Å². The monoisotopic (exact) mass is 181 g/mol. The van der Waals surface area contributed by atoms with Crippen LogP contribution in [0.15, 0.2) is 12.4 Å². The van der Waals surface area contributed by atoms with E-state index in [0.717, 1.165) is 0 Å². The molecule has 1 unspecified atom stereocenters. The van der Waals surface area contributed by atoms with E-state index in [0.29, 0.717) is 5.82 Å². The van der Waals surface area contributed by atoms with Crippen molar-refractivity contribution in [3.63, 3.8) is 0 Å². The zero-order valence-electron chi connectivity index (χ0n) is 6.78. The van der Waals surface area contributed by atoms with Crippen molar-refractivity contribution in [2.45, 2.75) is 12.5 Å². The molecule has 69 valence electrons. The lowest BCUT2D eigenvalue weighted by Crippen LogP contribution is -2.42. The third-order valence-corrected chi connectivity index (χ3v) is 1.53. The van der Waals surface area contributed by atoms with Crippen LogP contribution in [0.2, 0.25) is 0 Å². The van der Waals surface area contributed by atoms with Gasteiger partial charge in [0.25, 0.3) is 0 Å². The number of H-pyrrole nitrogens is 1. The van der Waals surface area contributed by atoms with Gasteiger partial charge < -0.3 is 16.0 Å². The van der Waals surface area contributed by atoms with Crippen LogP contribution in [0, 0.1) is 0 Å². The van der Waals surface area contributed by atoms with Crippen molar-refractivity contribution in [1.82, 2.24) is 15.3 Å². The van der Waals surface area contributed by atoms with Crippen LogP contribution in [0.1, 0.15) is 5.82 Å². The lowest BCUT2D eigenvalue weighted by Gasteiger charge is -2.08. The molecule has 1 aromatic rings. The molecule has 0 aliphatic heterocycles. The minimum absolute atomic E-state index is 0.248. The summed E-state index contributed by atoms with van der Waals surface area (Å²) in [6.07, 6.45) is 4.84. The predicted octanol–water partition coefficient (Wildman–Crippen LogP) is -1.54. The summed E-state index contributed by atoms with van der Waals surface area (Å²) < 4.78 is 0. The number of aromatic nitrogens is 2. The van der Waals surface area contributed by atoms with E-state index in [1.54, 1.807) is 12.4 Å². The van der Waals surface area contributed by atoms with E-state index in [1.807, 2.05) is 0 Å².